The van der Waals surface area contributed by atoms with Crippen LogP contribution in [0.4, 0.5) is 5.82 Å². The fourth-order valence-corrected chi connectivity index (χ4v) is 7.12. The van der Waals surface area contributed by atoms with Gasteiger partial charge in [-0.1, -0.05) is 6.07 Å². The maximum atomic E-state index is 14.5. The molecule has 2 aliphatic heterocycles. The SMILES string of the molecule is CN=C(N)NCc1c(CC2(c3ccc(N)nc3)CCNCC2)cc2c(c1O)C(=O)c1c(O[C@@H]3O[C@H](CO)[C@@H](O)[C@H](O)[C@H]3O)cc(OC)cc1C2=O. The fourth-order valence-electron chi connectivity index (χ4n) is 7.12. The predicted molar refractivity (Wildman–Crippen MR) is 183 cm³/mol. The van der Waals surface area contributed by atoms with Crippen LogP contribution in [-0.4, -0.2) is 113 Å². The number of aliphatic hydroxyl groups is 4. The number of piperidine rings is 1. The van der Waals surface area contributed by atoms with Gasteiger partial charge in [-0.3, -0.25) is 14.6 Å². The van der Waals surface area contributed by atoms with Crippen LogP contribution in [0.1, 0.15) is 61.4 Å². The number of nitrogens with one attached hydrogen (secondary N) is 2. The molecule has 51 heavy (non-hydrogen) atoms. The summed E-state index contributed by atoms with van der Waals surface area (Å²) in [6.07, 6.45) is -4.63. The molecule has 3 heterocycles. The Kier molecular flexibility index (Phi) is 10.2. The van der Waals surface area contributed by atoms with E-state index in [0.717, 1.165) is 5.56 Å². The minimum absolute atomic E-state index is 0.0307. The molecule has 2 fully saturated rings. The molecule has 0 bridgehead atoms. The molecule has 16 nitrogen and oxygen atoms in total. The normalized spacial score (nSPS) is 24.4. The molecule has 2 aromatic carbocycles. The number of pyridine rings is 1. The number of anilines is 1. The number of fused-ring (bicyclic) bond motifs is 2. The van der Waals surface area contributed by atoms with E-state index in [0.29, 0.717) is 49.3 Å². The first-order valence-electron chi connectivity index (χ1n) is 16.5. The highest BCUT2D eigenvalue weighted by atomic mass is 16.7. The number of nitrogen functional groups attached to an aromatic ring is 1. The monoisotopic (exact) mass is 706 g/mol. The van der Waals surface area contributed by atoms with Crippen LogP contribution in [-0.2, 0) is 23.1 Å². The lowest BCUT2D eigenvalue weighted by Gasteiger charge is -2.40. The van der Waals surface area contributed by atoms with Gasteiger partial charge in [-0.25, -0.2) is 4.98 Å². The molecule has 272 valence electrons. The number of hydrogen-bond donors (Lipinski definition) is 9. The largest absolute Gasteiger partial charge is 0.507 e. The first-order chi connectivity index (χ1) is 24.4. The van der Waals surface area contributed by atoms with E-state index in [2.05, 4.69) is 20.6 Å². The quantitative estimate of drug-likeness (QED) is 0.0764. The fraction of sp³-hybridized carbons (Fsp3) is 0.429. The number of phenolic OH excluding ortho intramolecular Hbond substituents is 1. The maximum Gasteiger partial charge on any atom is 0.229 e. The summed E-state index contributed by atoms with van der Waals surface area (Å²) < 4.78 is 16.8. The number of aliphatic imine (C=N–C) groups is 1. The van der Waals surface area contributed by atoms with Crippen LogP contribution in [0.5, 0.6) is 17.2 Å². The smallest absolute Gasteiger partial charge is 0.229 e. The number of nitrogens with two attached hydrogens (primary N) is 2. The molecule has 3 aliphatic rings. The number of guanidine groups is 1. The molecule has 0 saturated carbocycles. The van der Waals surface area contributed by atoms with Crippen molar-refractivity contribution >= 4 is 23.3 Å². The van der Waals surface area contributed by atoms with Crippen LogP contribution in [0, 0.1) is 0 Å². The number of rotatable bonds is 9. The first-order valence-corrected chi connectivity index (χ1v) is 16.5. The van der Waals surface area contributed by atoms with Crippen LogP contribution in [0.3, 0.4) is 0 Å². The van der Waals surface area contributed by atoms with Gasteiger partial charge in [0.2, 0.25) is 12.1 Å². The van der Waals surface area contributed by atoms with Gasteiger partial charge in [-0.05, 0) is 61.7 Å². The molecular weight excluding hydrogens is 664 g/mol. The topological polar surface area (TPSA) is 264 Å². The Morgan fingerprint density at radius 2 is 1.80 bits per heavy atom. The highest BCUT2D eigenvalue weighted by Crippen LogP contribution is 2.45. The molecule has 6 rings (SSSR count). The Morgan fingerprint density at radius 1 is 1.08 bits per heavy atom. The molecule has 1 aliphatic carbocycles. The highest BCUT2D eigenvalue weighted by molar-refractivity contribution is 6.30. The average molecular weight is 707 g/mol. The van der Waals surface area contributed by atoms with Crippen LogP contribution >= 0.6 is 0 Å². The second kappa shape index (κ2) is 14.4. The zero-order valence-corrected chi connectivity index (χ0v) is 28.1. The van der Waals surface area contributed by atoms with E-state index in [1.165, 1.54) is 26.3 Å². The molecule has 11 N–H and O–H groups in total. The van der Waals surface area contributed by atoms with Crippen molar-refractivity contribution in [3.05, 3.63) is 75.5 Å². The predicted octanol–water partition coefficient (Wildman–Crippen LogP) is -0.770. The Balaban J connectivity index is 1.48. The summed E-state index contributed by atoms with van der Waals surface area (Å²) in [5.41, 5.74) is 12.7. The van der Waals surface area contributed by atoms with Crippen LogP contribution in [0.2, 0.25) is 0 Å². The third kappa shape index (κ3) is 6.57. The highest BCUT2D eigenvalue weighted by Gasteiger charge is 2.46. The van der Waals surface area contributed by atoms with E-state index in [9.17, 15) is 35.1 Å². The number of ether oxygens (including phenoxy) is 3. The Hall–Kier alpha value is -4.84. The van der Waals surface area contributed by atoms with E-state index in [4.69, 9.17) is 25.7 Å². The van der Waals surface area contributed by atoms with E-state index < -0.39 is 60.0 Å². The van der Waals surface area contributed by atoms with Crippen molar-refractivity contribution in [1.29, 1.82) is 0 Å². The summed E-state index contributed by atoms with van der Waals surface area (Å²) in [6.45, 7) is 0.689. The van der Waals surface area contributed by atoms with Crippen LogP contribution < -0.4 is 31.6 Å². The van der Waals surface area contributed by atoms with Crippen LogP contribution in [0.25, 0.3) is 0 Å². The van der Waals surface area contributed by atoms with Crippen molar-refractivity contribution in [2.75, 3.05) is 39.6 Å². The van der Waals surface area contributed by atoms with E-state index in [-0.39, 0.29) is 46.3 Å². The second-order valence-corrected chi connectivity index (χ2v) is 12.9. The Bertz CT molecular complexity index is 1840. The molecule has 0 spiro atoms. The standard InChI is InChI=1S/C35H42N6O10/c1-38-34(37)41-14-21-16(12-35(5-7-39-8-6-35)17-3-4-24(36)40-13-17)9-19-26(28(21)44)30(46)25-20(27(19)43)10-18(49-2)11-22(25)50-33-32(48)31(47)29(45)23(15-42)51-33/h3-4,9-11,13,23,29,31-33,39,42,44-45,47-48H,5-8,12,14-15H2,1-2H3,(H2,36,40)(H3,37,38,41)/t23-,29-,31+,32-,33-/m1/s1. The Morgan fingerprint density at radius 3 is 2.45 bits per heavy atom. The molecule has 0 unspecified atom stereocenters. The number of carbonyl (C=O) groups excluding carboxylic acids is 2. The van der Waals surface area contributed by atoms with E-state index >= 15 is 0 Å². The number of carbonyl (C=O) groups is 2. The summed E-state index contributed by atoms with van der Waals surface area (Å²) >= 11 is 0. The lowest BCUT2D eigenvalue weighted by Crippen LogP contribution is -2.60. The summed E-state index contributed by atoms with van der Waals surface area (Å²) in [7, 11) is 2.85. The second-order valence-electron chi connectivity index (χ2n) is 12.9. The molecule has 0 amide bonds. The number of aliphatic hydroxyl groups excluding tert-OH is 4. The summed E-state index contributed by atoms with van der Waals surface area (Å²) in [6, 6.07) is 7.96. The van der Waals surface area contributed by atoms with Gasteiger partial charge in [0.1, 0.15) is 47.5 Å². The maximum absolute atomic E-state index is 14.5. The van der Waals surface area contributed by atoms with Gasteiger partial charge in [0.25, 0.3) is 0 Å². The van der Waals surface area contributed by atoms with Crippen molar-refractivity contribution in [1.82, 2.24) is 15.6 Å². The number of ketones is 2. The van der Waals surface area contributed by atoms with Gasteiger partial charge < -0.3 is 61.8 Å². The molecule has 2 saturated heterocycles. The number of phenols is 1. The van der Waals surface area contributed by atoms with Crippen molar-refractivity contribution in [2.45, 2.75) is 61.9 Å². The van der Waals surface area contributed by atoms with Crippen molar-refractivity contribution in [3.63, 3.8) is 0 Å². The van der Waals surface area contributed by atoms with Gasteiger partial charge in [0.15, 0.2) is 11.7 Å². The number of nitrogens with zero attached hydrogens (tertiary/aromatic N) is 2. The van der Waals surface area contributed by atoms with Crippen molar-refractivity contribution < 1.29 is 49.3 Å². The van der Waals surface area contributed by atoms with E-state index in [1.807, 2.05) is 6.07 Å². The van der Waals surface area contributed by atoms with Gasteiger partial charge in [0.05, 0.1) is 24.8 Å². The number of benzene rings is 2. The molecule has 0 radical (unpaired) electrons. The van der Waals surface area contributed by atoms with Gasteiger partial charge in [0, 0.05) is 48.0 Å². The average Bonchev–Trinajstić information content (AvgIpc) is 3.13. The molecule has 1 aromatic heterocycles. The van der Waals surface area contributed by atoms with E-state index in [1.54, 1.807) is 18.3 Å². The third-order valence-electron chi connectivity index (χ3n) is 10.0. The lowest BCUT2D eigenvalue weighted by molar-refractivity contribution is -0.277. The van der Waals surface area contributed by atoms with Crippen molar-refractivity contribution in [2.24, 2.45) is 10.7 Å². The zero-order valence-electron chi connectivity index (χ0n) is 28.1. The lowest BCUT2D eigenvalue weighted by atomic mass is 9.68. The van der Waals surface area contributed by atoms with Gasteiger partial charge in [-0.15, -0.1) is 0 Å². The van der Waals surface area contributed by atoms with Crippen molar-refractivity contribution in [3.8, 4) is 17.2 Å². The number of aromatic nitrogens is 1. The van der Waals surface area contributed by atoms with Gasteiger partial charge in [-0.2, -0.15) is 0 Å². The summed E-state index contributed by atoms with van der Waals surface area (Å²) in [4.78, 5) is 37.1. The minimum Gasteiger partial charge on any atom is -0.507 e. The molecule has 5 atom stereocenters. The zero-order chi connectivity index (χ0) is 36.6. The number of hydrogen-bond acceptors (Lipinski definition) is 14. The van der Waals surface area contributed by atoms with Gasteiger partial charge >= 0.3 is 0 Å². The minimum atomic E-state index is -1.80. The molecular formula is C35H42N6O10. The molecule has 3 aromatic rings. The number of methoxy groups -OCH3 is 1. The Labute approximate surface area is 293 Å². The third-order valence-corrected chi connectivity index (χ3v) is 10.0. The number of aromatic hydroxyl groups is 1. The van der Waals surface area contributed by atoms with Crippen LogP contribution in [0.15, 0.2) is 41.5 Å². The summed E-state index contributed by atoms with van der Waals surface area (Å²) in [5.74, 6) is -1.46. The first kappa shape index (κ1) is 36.0. The summed E-state index contributed by atoms with van der Waals surface area (Å²) in [5, 5.41) is 59.2. The molecule has 16 heteroatoms.